The summed E-state index contributed by atoms with van der Waals surface area (Å²) < 4.78 is 9.03. The summed E-state index contributed by atoms with van der Waals surface area (Å²) >= 11 is 0. The number of rotatable bonds is 2. The molecule has 0 spiro atoms. The lowest BCUT2D eigenvalue weighted by molar-refractivity contribution is 0.652. The van der Waals surface area contributed by atoms with Crippen LogP contribution in [0, 0.1) is 0 Å². The number of nitrogens with zero attached hydrogens (tertiary/aromatic N) is 3. The van der Waals surface area contributed by atoms with Crippen LogP contribution in [0.3, 0.4) is 0 Å². The molecule has 194 valence electrons. The van der Waals surface area contributed by atoms with Gasteiger partial charge in [0.2, 0.25) is 5.95 Å². The molecule has 3 heterocycles. The minimum Gasteiger partial charge on any atom is -0.451 e. The van der Waals surface area contributed by atoms with Gasteiger partial charge in [-0.3, -0.25) is 4.57 Å². The van der Waals surface area contributed by atoms with Crippen molar-refractivity contribution in [2.75, 3.05) is 0 Å². The molecule has 0 N–H and O–H groups in total. The van der Waals surface area contributed by atoms with E-state index in [-0.39, 0.29) is 5.41 Å². The molecular formula is C37H25N3O. The minimum absolute atomic E-state index is 0.110. The minimum atomic E-state index is -0.110. The molecule has 9 rings (SSSR count). The highest BCUT2D eigenvalue weighted by Crippen LogP contribution is 2.52. The van der Waals surface area contributed by atoms with Crippen molar-refractivity contribution in [3.63, 3.8) is 0 Å². The lowest BCUT2D eigenvalue weighted by Crippen LogP contribution is -2.14. The third-order valence-electron chi connectivity index (χ3n) is 8.84. The van der Waals surface area contributed by atoms with E-state index in [1.165, 1.54) is 33.0 Å². The fraction of sp³-hybridized carbons (Fsp3) is 0.0811. The number of hydrogen-bond acceptors (Lipinski definition) is 3. The van der Waals surface area contributed by atoms with E-state index in [0.717, 1.165) is 38.8 Å². The highest BCUT2D eigenvalue weighted by atomic mass is 16.3. The largest absolute Gasteiger partial charge is 0.451 e. The van der Waals surface area contributed by atoms with E-state index >= 15 is 0 Å². The van der Waals surface area contributed by atoms with Gasteiger partial charge in [-0.15, -0.1) is 0 Å². The van der Waals surface area contributed by atoms with Gasteiger partial charge >= 0.3 is 0 Å². The fourth-order valence-electron chi connectivity index (χ4n) is 6.90. The molecule has 0 fully saturated rings. The maximum absolute atomic E-state index is 6.84. The van der Waals surface area contributed by atoms with Gasteiger partial charge in [0.05, 0.1) is 11.0 Å². The molecule has 4 nitrogen and oxygen atoms in total. The second-order valence-electron chi connectivity index (χ2n) is 11.4. The van der Waals surface area contributed by atoms with Crippen molar-refractivity contribution in [3.05, 3.63) is 126 Å². The quantitative estimate of drug-likeness (QED) is 0.225. The molecule has 1 aliphatic carbocycles. The molecule has 0 bridgehead atoms. The first kappa shape index (κ1) is 22.6. The molecule has 8 aromatic rings. The van der Waals surface area contributed by atoms with E-state index in [1.54, 1.807) is 0 Å². The van der Waals surface area contributed by atoms with Gasteiger partial charge in [0.1, 0.15) is 16.8 Å². The van der Waals surface area contributed by atoms with Crippen molar-refractivity contribution in [3.8, 4) is 28.3 Å². The topological polar surface area (TPSA) is 43.9 Å². The number of fused-ring (bicyclic) bond motifs is 10. The van der Waals surface area contributed by atoms with E-state index in [0.29, 0.717) is 11.5 Å². The van der Waals surface area contributed by atoms with E-state index in [2.05, 4.69) is 115 Å². The molecule has 0 aliphatic heterocycles. The summed E-state index contributed by atoms with van der Waals surface area (Å²) in [4.78, 5) is 10.5. The molecule has 1 aliphatic rings. The number of furan rings is 1. The van der Waals surface area contributed by atoms with Crippen LogP contribution in [-0.2, 0) is 5.41 Å². The maximum Gasteiger partial charge on any atom is 0.236 e. The summed E-state index contributed by atoms with van der Waals surface area (Å²) in [5, 5.41) is 3.37. The lowest BCUT2D eigenvalue weighted by Gasteiger charge is -2.21. The Kier molecular flexibility index (Phi) is 4.36. The summed E-state index contributed by atoms with van der Waals surface area (Å²) in [6.45, 7) is 4.59. The van der Waals surface area contributed by atoms with Gasteiger partial charge in [-0.05, 0) is 34.9 Å². The Morgan fingerprint density at radius 3 is 2.00 bits per heavy atom. The average molecular weight is 528 g/mol. The summed E-state index contributed by atoms with van der Waals surface area (Å²) in [5.74, 6) is 0.637. The second-order valence-corrected chi connectivity index (χ2v) is 11.4. The van der Waals surface area contributed by atoms with Crippen molar-refractivity contribution in [2.24, 2.45) is 0 Å². The number of para-hydroxylation sites is 2. The summed E-state index contributed by atoms with van der Waals surface area (Å²) in [7, 11) is 0. The van der Waals surface area contributed by atoms with Gasteiger partial charge in [-0.2, -0.15) is 0 Å². The van der Waals surface area contributed by atoms with Gasteiger partial charge in [0.15, 0.2) is 5.58 Å². The van der Waals surface area contributed by atoms with Crippen molar-refractivity contribution in [1.29, 1.82) is 0 Å². The zero-order valence-corrected chi connectivity index (χ0v) is 22.7. The van der Waals surface area contributed by atoms with E-state index in [4.69, 9.17) is 14.4 Å². The molecular weight excluding hydrogens is 502 g/mol. The van der Waals surface area contributed by atoms with Crippen LogP contribution in [0.5, 0.6) is 0 Å². The van der Waals surface area contributed by atoms with Crippen LogP contribution in [0.2, 0.25) is 0 Å². The maximum atomic E-state index is 6.84. The van der Waals surface area contributed by atoms with Crippen molar-refractivity contribution >= 4 is 43.9 Å². The zero-order chi connectivity index (χ0) is 27.3. The second kappa shape index (κ2) is 7.92. The zero-order valence-electron chi connectivity index (χ0n) is 22.7. The normalized spacial score (nSPS) is 13.8. The highest BCUT2D eigenvalue weighted by molar-refractivity contribution is 6.13. The molecule has 0 unspecified atom stereocenters. The molecule has 3 aromatic heterocycles. The molecule has 5 aromatic carbocycles. The molecule has 0 radical (unpaired) electrons. The molecule has 4 heteroatoms. The van der Waals surface area contributed by atoms with Crippen LogP contribution in [-0.4, -0.2) is 14.5 Å². The Bertz CT molecular complexity index is 2290. The van der Waals surface area contributed by atoms with Gasteiger partial charge in [-0.1, -0.05) is 111 Å². The lowest BCUT2D eigenvalue weighted by atomic mass is 9.82. The molecule has 0 atom stereocenters. The summed E-state index contributed by atoms with van der Waals surface area (Å²) in [6.07, 6.45) is 0. The first-order valence-corrected chi connectivity index (χ1v) is 14.0. The standard InChI is InChI=1S/C37H25N3O/c1-37(2)27-17-9-6-16-25(27)31-28(37)21-20-26-33-35(41-34(26)31)32(22-12-4-3-5-13-22)38-36(39-33)40-29-18-10-7-14-23(29)24-15-8-11-19-30(24)40/h3-21H,1-2H3. The molecule has 0 amide bonds. The van der Waals surface area contributed by atoms with Crippen LogP contribution in [0.4, 0.5) is 0 Å². The fourth-order valence-corrected chi connectivity index (χ4v) is 6.90. The van der Waals surface area contributed by atoms with E-state index < -0.39 is 0 Å². The summed E-state index contributed by atoms with van der Waals surface area (Å²) in [5.41, 5.74) is 11.3. The predicted octanol–water partition coefficient (Wildman–Crippen LogP) is 9.45. The van der Waals surface area contributed by atoms with Crippen molar-refractivity contribution in [1.82, 2.24) is 14.5 Å². The average Bonchev–Trinajstić information content (AvgIpc) is 3.63. The SMILES string of the molecule is CC1(C)c2ccccc2-c2c1ccc1c2oc2c(-c3ccccc3)nc(-n3c4ccccc4c4ccccc43)nc21. The Labute approximate surface area is 236 Å². The van der Waals surface area contributed by atoms with Gasteiger partial charge in [0.25, 0.3) is 0 Å². The van der Waals surface area contributed by atoms with Crippen molar-refractivity contribution < 1.29 is 4.42 Å². The van der Waals surface area contributed by atoms with Crippen LogP contribution in [0.25, 0.3) is 72.2 Å². The Hall–Kier alpha value is -5.22. The van der Waals surface area contributed by atoms with Crippen LogP contribution >= 0.6 is 0 Å². The Morgan fingerprint density at radius 1 is 0.585 bits per heavy atom. The van der Waals surface area contributed by atoms with Gasteiger partial charge in [-0.25, -0.2) is 9.97 Å². The summed E-state index contributed by atoms with van der Waals surface area (Å²) in [6, 6.07) is 40.4. The third kappa shape index (κ3) is 2.94. The van der Waals surface area contributed by atoms with Crippen LogP contribution in [0.15, 0.2) is 120 Å². The van der Waals surface area contributed by atoms with Gasteiger partial charge < -0.3 is 4.42 Å². The number of benzene rings is 5. The number of hydrogen-bond donors (Lipinski definition) is 0. The smallest absolute Gasteiger partial charge is 0.236 e. The van der Waals surface area contributed by atoms with E-state index in [1.807, 2.05) is 18.2 Å². The van der Waals surface area contributed by atoms with E-state index in [9.17, 15) is 0 Å². The van der Waals surface area contributed by atoms with Gasteiger partial charge in [0, 0.05) is 32.7 Å². The van der Waals surface area contributed by atoms with Crippen LogP contribution in [0.1, 0.15) is 25.0 Å². The van der Waals surface area contributed by atoms with Crippen molar-refractivity contribution in [2.45, 2.75) is 19.3 Å². The molecule has 0 saturated heterocycles. The van der Waals surface area contributed by atoms with Crippen LogP contribution < -0.4 is 0 Å². The molecule has 41 heavy (non-hydrogen) atoms. The Morgan fingerprint density at radius 2 is 1.24 bits per heavy atom. The number of aromatic nitrogens is 3. The predicted molar refractivity (Wildman–Crippen MR) is 167 cm³/mol. The first-order chi connectivity index (χ1) is 20.1. The third-order valence-corrected chi connectivity index (χ3v) is 8.84. The Balaban J connectivity index is 1.44. The monoisotopic (exact) mass is 527 g/mol. The first-order valence-electron chi connectivity index (χ1n) is 14.0. The molecule has 0 saturated carbocycles. The highest BCUT2D eigenvalue weighted by Gasteiger charge is 2.37.